The molecule has 0 unspecified atom stereocenters. The van der Waals surface area contributed by atoms with Crippen molar-refractivity contribution in [1.29, 1.82) is 0 Å². The van der Waals surface area contributed by atoms with E-state index in [-0.39, 0.29) is 5.69 Å². The molecule has 0 radical (unpaired) electrons. The van der Waals surface area contributed by atoms with E-state index in [1.54, 1.807) is 0 Å². The second-order valence-electron chi connectivity index (χ2n) is 3.47. The number of hydrogen-bond acceptors (Lipinski definition) is 2. The summed E-state index contributed by atoms with van der Waals surface area (Å²) in [7, 11) is -2.27. The summed E-state index contributed by atoms with van der Waals surface area (Å²) in [6.45, 7) is 0.937. The molecular weight excluding hydrogens is 238 g/mol. The Labute approximate surface area is 92.3 Å². The highest BCUT2D eigenvalue weighted by atomic mass is 32.2. The van der Waals surface area contributed by atoms with Gasteiger partial charge >= 0.3 is 10.2 Å². The molecule has 4 nitrogen and oxygen atoms in total. The third-order valence-corrected chi connectivity index (χ3v) is 4.27. The van der Waals surface area contributed by atoms with Gasteiger partial charge in [0, 0.05) is 26.2 Å². The van der Waals surface area contributed by atoms with E-state index >= 15 is 0 Å². The molecule has 0 N–H and O–H groups in total. The largest absolute Gasteiger partial charge is 0.303 e. The van der Waals surface area contributed by atoms with E-state index in [0.29, 0.717) is 13.1 Å². The van der Waals surface area contributed by atoms with E-state index in [2.05, 4.69) is 0 Å². The number of benzene rings is 1. The predicted octanol–water partition coefficient (Wildman–Crippen LogP) is 0.961. The number of anilines is 1. The molecule has 0 atom stereocenters. The highest BCUT2D eigenvalue weighted by Gasteiger charge is 2.35. The summed E-state index contributed by atoms with van der Waals surface area (Å²) in [5.41, 5.74) is 0.103. The average Bonchev–Trinajstić information content (AvgIpc) is 3.04. The van der Waals surface area contributed by atoms with Crippen LogP contribution in [-0.4, -0.2) is 32.9 Å². The zero-order valence-electron chi connectivity index (χ0n) is 8.52. The molecule has 1 aliphatic heterocycles. The zero-order valence-corrected chi connectivity index (χ0v) is 9.34. The first-order chi connectivity index (χ1) is 7.43. The van der Waals surface area contributed by atoms with Crippen molar-refractivity contribution in [3.05, 3.63) is 29.8 Å². The van der Waals surface area contributed by atoms with Gasteiger partial charge in [-0.3, -0.25) is 4.31 Å². The molecule has 1 aromatic carbocycles. The SMILES string of the molecule is CN(c1ccc(F)c(F)c1)S(=O)(=O)N1CC1. The Bertz CT molecular complexity index is 514. The minimum atomic E-state index is -3.57. The first-order valence-corrected chi connectivity index (χ1v) is 6.01. The standard InChI is InChI=1S/C9H10F2N2O2S/c1-12(16(14,15)13-4-5-13)7-2-3-8(10)9(11)6-7/h2-3,6H,4-5H2,1H3. The number of nitrogens with zero attached hydrogens (tertiary/aromatic N) is 2. The Hall–Kier alpha value is -1.21. The lowest BCUT2D eigenvalue weighted by atomic mass is 10.3. The molecule has 16 heavy (non-hydrogen) atoms. The molecule has 0 saturated carbocycles. The van der Waals surface area contributed by atoms with Gasteiger partial charge in [0.05, 0.1) is 5.69 Å². The molecule has 0 bridgehead atoms. The van der Waals surface area contributed by atoms with Gasteiger partial charge in [0.2, 0.25) is 0 Å². The highest BCUT2D eigenvalue weighted by Crippen LogP contribution is 2.23. The van der Waals surface area contributed by atoms with Gasteiger partial charge in [-0.05, 0) is 12.1 Å². The zero-order chi connectivity index (χ0) is 11.9. The minimum absolute atomic E-state index is 0.103. The van der Waals surface area contributed by atoms with Crippen molar-refractivity contribution in [3.63, 3.8) is 0 Å². The molecule has 88 valence electrons. The van der Waals surface area contributed by atoms with E-state index in [1.165, 1.54) is 17.4 Å². The monoisotopic (exact) mass is 248 g/mol. The third kappa shape index (κ3) is 1.88. The fourth-order valence-electron chi connectivity index (χ4n) is 1.26. The molecule has 1 heterocycles. The summed E-state index contributed by atoms with van der Waals surface area (Å²) in [6.07, 6.45) is 0. The van der Waals surface area contributed by atoms with Gasteiger partial charge in [-0.2, -0.15) is 12.7 Å². The molecule has 1 aliphatic rings. The van der Waals surface area contributed by atoms with Crippen molar-refractivity contribution in [1.82, 2.24) is 4.31 Å². The maximum atomic E-state index is 12.9. The normalized spacial score (nSPS) is 16.2. The summed E-state index contributed by atoms with van der Waals surface area (Å²) < 4.78 is 51.2. The van der Waals surface area contributed by atoms with Crippen LogP contribution in [0.1, 0.15) is 0 Å². The van der Waals surface area contributed by atoms with Gasteiger partial charge in [-0.25, -0.2) is 8.78 Å². The van der Waals surface area contributed by atoms with E-state index < -0.39 is 21.8 Å². The maximum Gasteiger partial charge on any atom is 0.303 e. The predicted molar refractivity (Wildman–Crippen MR) is 55.3 cm³/mol. The molecule has 1 saturated heterocycles. The van der Waals surface area contributed by atoms with Crippen LogP contribution in [0.3, 0.4) is 0 Å². The first kappa shape index (κ1) is 11.3. The Balaban J connectivity index is 2.33. The van der Waals surface area contributed by atoms with Gasteiger partial charge in [0.15, 0.2) is 11.6 Å². The van der Waals surface area contributed by atoms with E-state index in [4.69, 9.17) is 0 Å². The quantitative estimate of drug-likeness (QED) is 0.748. The molecule has 0 amide bonds. The van der Waals surface area contributed by atoms with E-state index in [0.717, 1.165) is 16.4 Å². The van der Waals surface area contributed by atoms with Crippen molar-refractivity contribution in [3.8, 4) is 0 Å². The molecular formula is C9H10F2N2O2S. The fourth-order valence-corrected chi connectivity index (χ4v) is 2.53. The Morgan fingerprint density at radius 1 is 1.25 bits per heavy atom. The van der Waals surface area contributed by atoms with Gasteiger partial charge in [-0.1, -0.05) is 0 Å². The lowest BCUT2D eigenvalue weighted by Gasteiger charge is -2.19. The van der Waals surface area contributed by atoms with Crippen molar-refractivity contribution >= 4 is 15.9 Å². The molecule has 7 heteroatoms. The van der Waals surface area contributed by atoms with Crippen molar-refractivity contribution in [2.45, 2.75) is 0 Å². The average molecular weight is 248 g/mol. The molecule has 0 spiro atoms. The number of halogens is 2. The van der Waals surface area contributed by atoms with E-state index in [1.807, 2.05) is 0 Å². The van der Waals surface area contributed by atoms with Crippen LogP contribution in [0, 0.1) is 11.6 Å². The second-order valence-corrected chi connectivity index (χ2v) is 5.43. The maximum absolute atomic E-state index is 12.9. The van der Waals surface area contributed by atoms with E-state index in [9.17, 15) is 17.2 Å². The number of hydrogen-bond donors (Lipinski definition) is 0. The van der Waals surface area contributed by atoms with Gasteiger partial charge in [0.1, 0.15) is 0 Å². The third-order valence-electron chi connectivity index (χ3n) is 2.35. The highest BCUT2D eigenvalue weighted by molar-refractivity contribution is 7.90. The molecule has 1 aromatic rings. The summed E-state index contributed by atoms with van der Waals surface area (Å²) >= 11 is 0. The van der Waals surface area contributed by atoms with Gasteiger partial charge in [-0.15, -0.1) is 0 Å². The summed E-state index contributed by atoms with van der Waals surface area (Å²) in [4.78, 5) is 0. The topological polar surface area (TPSA) is 40.4 Å². The van der Waals surface area contributed by atoms with Crippen molar-refractivity contribution in [2.75, 3.05) is 24.4 Å². The summed E-state index contributed by atoms with van der Waals surface area (Å²) in [6, 6.07) is 2.98. The first-order valence-electron chi connectivity index (χ1n) is 4.62. The van der Waals surface area contributed by atoms with Crippen molar-refractivity contribution in [2.24, 2.45) is 0 Å². The lowest BCUT2D eigenvalue weighted by molar-refractivity contribution is 0.508. The van der Waals surface area contributed by atoms with Crippen LogP contribution < -0.4 is 4.31 Å². The Morgan fingerprint density at radius 3 is 2.38 bits per heavy atom. The van der Waals surface area contributed by atoms with Crippen LogP contribution >= 0.6 is 0 Å². The molecule has 1 fully saturated rings. The van der Waals surface area contributed by atoms with Crippen LogP contribution in [-0.2, 0) is 10.2 Å². The second kappa shape index (κ2) is 3.67. The van der Waals surface area contributed by atoms with Gasteiger partial charge in [0.25, 0.3) is 0 Å². The Morgan fingerprint density at radius 2 is 1.88 bits per heavy atom. The minimum Gasteiger partial charge on any atom is -0.261 e. The summed E-state index contributed by atoms with van der Waals surface area (Å²) in [5.74, 6) is -2.06. The summed E-state index contributed by atoms with van der Waals surface area (Å²) in [5, 5.41) is 0. The van der Waals surface area contributed by atoms with Crippen molar-refractivity contribution < 1.29 is 17.2 Å². The Kier molecular flexibility index (Phi) is 2.59. The van der Waals surface area contributed by atoms with Crippen LogP contribution in [0.15, 0.2) is 18.2 Å². The van der Waals surface area contributed by atoms with Crippen LogP contribution in [0.25, 0.3) is 0 Å². The smallest absolute Gasteiger partial charge is 0.261 e. The lowest BCUT2D eigenvalue weighted by Crippen LogP contribution is -2.32. The van der Waals surface area contributed by atoms with Crippen LogP contribution in [0.2, 0.25) is 0 Å². The number of rotatable bonds is 3. The van der Waals surface area contributed by atoms with Crippen LogP contribution in [0.5, 0.6) is 0 Å². The fraction of sp³-hybridized carbons (Fsp3) is 0.333. The molecule has 2 rings (SSSR count). The molecule has 0 aliphatic carbocycles. The molecule has 0 aromatic heterocycles. The van der Waals surface area contributed by atoms with Gasteiger partial charge < -0.3 is 0 Å². The van der Waals surface area contributed by atoms with Crippen LogP contribution in [0.4, 0.5) is 14.5 Å².